The van der Waals surface area contributed by atoms with E-state index in [0.29, 0.717) is 0 Å². The van der Waals surface area contributed by atoms with E-state index in [-0.39, 0.29) is 30.8 Å². The first-order chi connectivity index (χ1) is 14.5. The number of aliphatic hydroxyl groups excluding tert-OH is 1. The molecule has 8 heteroatoms. The first-order valence-electron chi connectivity index (χ1n) is 10.5. The molecule has 0 saturated carbocycles. The Balaban J connectivity index is 1.69. The molecule has 4 N–H and O–H groups in total. The molecule has 168 valence electrons. The Hall–Kier alpha value is -2.29. The van der Waals surface area contributed by atoms with Crippen LogP contribution >= 0.6 is 11.3 Å². The Kier molecular flexibility index (Phi) is 6.83. The topological polar surface area (TPSA) is 109 Å². The fourth-order valence-electron chi connectivity index (χ4n) is 3.75. The van der Waals surface area contributed by atoms with E-state index < -0.39 is 23.6 Å². The van der Waals surface area contributed by atoms with Gasteiger partial charge in [0.2, 0.25) is 11.8 Å². The lowest BCUT2D eigenvalue weighted by atomic mass is 9.86. The second kappa shape index (κ2) is 9.06. The van der Waals surface area contributed by atoms with Crippen LogP contribution in [0.5, 0.6) is 0 Å². The zero-order chi connectivity index (χ0) is 22.9. The van der Waals surface area contributed by atoms with E-state index in [1.165, 1.54) is 4.90 Å². The number of nitrogens with one attached hydrogen (secondary N) is 1. The molecule has 0 bridgehead atoms. The number of carbonyl (C=O) groups excluding carboxylic acids is 2. The van der Waals surface area contributed by atoms with Gasteiger partial charge in [0.25, 0.3) is 0 Å². The van der Waals surface area contributed by atoms with Crippen LogP contribution in [0.4, 0.5) is 0 Å². The van der Waals surface area contributed by atoms with Crippen LogP contribution in [0.1, 0.15) is 51.4 Å². The van der Waals surface area contributed by atoms with Crippen LogP contribution in [0.2, 0.25) is 0 Å². The molecular weight excluding hydrogens is 412 g/mol. The van der Waals surface area contributed by atoms with Crippen LogP contribution in [0.25, 0.3) is 10.4 Å². The Labute approximate surface area is 187 Å². The minimum Gasteiger partial charge on any atom is -0.391 e. The van der Waals surface area contributed by atoms with Crippen LogP contribution < -0.4 is 11.1 Å². The Morgan fingerprint density at radius 3 is 2.48 bits per heavy atom. The molecule has 1 aliphatic rings. The molecule has 3 rings (SSSR count). The highest BCUT2D eigenvalue weighted by Crippen LogP contribution is 2.29. The van der Waals surface area contributed by atoms with Crippen molar-refractivity contribution in [2.24, 2.45) is 11.1 Å². The molecule has 7 nitrogen and oxygen atoms in total. The first-order valence-corrected chi connectivity index (χ1v) is 11.4. The lowest BCUT2D eigenvalue weighted by molar-refractivity contribution is -0.141. The van der Waals surface area contributed by atoms with E-state index in [1.807, 2.05) is 64.4 Å². The summed E-state index contributed by atoms with van der Waals surface area (Å²) >= 11 is 1.60. The number of rotatable bonds is 5. The van der Waals surface area contributed by atoms with Gasteiger partial charge in [-0.25, -0.2) is 4.98 Å². The molecule has 0 spiro atoms. The van der Waals surface area contributed by atoms with Gasteiger partial charge in [-0.3, -0.25) is 9.59 Å². The molecule has 2 aromatic rings. The molecule has 0 aliphatic carbocycles. The third kappa shape index (κ3) is 5.14. The molecule has 1 aromatic carbocycles. The van der Waals surface area contributed by atoms with Gasteiger partial charge in [0.15, 0.2) is 0 Å². The molecule has 2 amide bonds. The van der Waals surface area contributed by atoms with Gasteiger partial charge in [0.1, 0.15) is 6.04 Å². The molecular formula is C23H32N4O3S. The summed E-state index contributed by atoms with van der Waals surface area (Å²) in [5.41, 5.74) is 10.6. The van der Waals surface area contributed by atoms with Gasteiger partial charge >= 0.3 is 0 Å². The van der Waals surface area contributed by atoms with E-state index in [2.05, 4.69) is 10.3 Å². The largest absolute Gasteiger partial charge is 0.391 e. The second-order valence-corrected chi connectivity index (χ2v) is 10.2. The number of aromatic nitrogens is 1. The average Bonchev–Trinajstić information content (AvgIpc) is 3.31. The fraction of sp³-hybridized carbons (Fsp3) is 0.522. The third-order valence-electron chi connectivity index (χ3n) is 5.84. The van der Waals surface area contributed by atoms with Crippen molar-refractivity contribution >= 4 is 23.2 Å². The maximum atomic E-state index is 13.0. The number of amides is 2. The molecule has 1 aromatic heterocycles. The number of carbonyl (C=O) groups is 2. The molecule has 1 fully saturated rings. The highest BCUT2D eigenvalue weighted by molar-refractivity contribution is 7.13. The minimum atomic E-state index is -0.742. The molecule has 1 aliphatic heterocycles. The van der Waals surface area contributed by atoms with Crippen molar-refractivity contribution in [1.29, 1.82) is 0 Å². The maximum Gasteiger partial charge on any atom is 0.243 e. The highest BCUT2D eigenvalue weighted by atomic mass is 32.1. The molecule has 3 unspecified atom stereocenters. The van der Waals surface area contributed by atoms with Crippen molar-refractivity contribution in [2.45, 2.75) is 65.3 Å². The molecule has 0 radical (unpaired) electrons. The molecule has 31 heavy (non-hydrogen) atoms. The van der Waals surface area contributed by atoms with Crippen molar-refractivity contribution < 1.29 is 14.7 Å². The summed E-state index contributed by atoms with van der Waals surface area (Å²) in [6, 6.07) is 6.32. The van der Waals surface area contributed by atoms with Crippen molar-refractivity contribution in [3.63, 3.8) is 0 Å². The maximum absolute atomic E-state index is 13.0. The van der Waals surface area contributed by atoms with E-state index >= 15 is 0 Å². The van der Waals surface area contributed by atoms with Gasteiger partial charge in [-0.15, -0.1) is 11.3 Å². The summed E-state index contributed by atoms with van der Waals surface area (Å²) in [6.45, 7) is 9.67. The summed E-state index contributed by atoms with van der Waals surface area (Å²) in [6.07, 6.45) is -0.519. The van der Waals surface area contributed by atoms with Crippen molar-refractivity contribution in [3.05, 3.63) is 41.0 Å². The highest BCUT2D eigenvalue weighted by Gasteiger charge is 2.42. The lowest BCUT2D eigenvalue weighted by Gasteiger charge is -2.32. The summed E-state index contributed by atoms with van der Waals surface area (Å²) in [5.74, 6) is -0.581. The minimum absolute atomic E-state index is 0.123. The fourth-order valence-corrected chi connectivity index (χ4v) is 4.56. The van der Waals surface area contributed by atoms with Gasteiger partial charge in [-0.05, 0) is 30.4 Å². The van der Waals surface area contributed by atoms with Crippen molar-refractivity contribution in [3.8, 4) is 10.4 Å². The Bertz CT molecular complexity index is 935. The number of hydrogen-bond donors (Lipinski definition) is 3. The number of β-amino-alcohol motifs (C(OH)–C–C–N with tert-alkyl or cyclic N) is 1. The number of thiazole rings is 1. The Morgan fingerprint density at radius 2 is 1.94 bits per heavy atom. The van der Waals surface area contributed by atoms with Crippen LogP contribution in [0.3, 0.4) is 0 Å². The normalized spacial score (nSPS) is 21.1. The number of nitrogens with two attached hydrogens (primary N) is 1. The molecule has 1 saturated heterocycles. The lowest BCUT2D eigenvalue weighted by Crippen LogP contribution is -2.55. The number of likely N-dealkylation sites (tertiary alicyclic amines) is 1. The summed E-state index contributed by atoms with van der Waals surface area (Å²) < 4.78 is 0. The molecule has 4 atom stereocenters. The van der Waals surface area contributed by atoms with E-state index in [9.17, 15) is 14.7 Å². The van der Waals surface area contributed by atoms with Gasteiger partial charge in [0, 0.05) is 13.0 Å². The van der Waals surface area contributed by atoms with Crippen molar-refractivity contribution in [1.82, 2.24) is 15.2 Å². The van der Waals surface area contributed by atoms with Gasteiger partial charge in [-0.2, -0.15) is 0 Å². The number of aryl methyl sites for hydroxylation is 1. The van der Waals surface area contributed by atoms with Gasteiger partial charge in [0.05, 0.1) is 34.3 Å². The Morgan fingerprint density at radius 1 is 1.29 bits per heavy atom. The predicted octanol–water partition coefficient (Wildman–Crippen LogP) is 2.63. The predicted molar refractivity (Wildman–Crippen MR) is 122 cm³/mol. The smallest absolute Gasteiger partial charge is 0.243 e. The van der Waals surface area contributed by atoms with E-state index in [0.717, 1.165) is 21.7 Å². The van der Waals surface area contributed by atoms with Gasteiger partial charge < -0.3 is 21.1 Å². The van der Waals surface area contributed by atoms with Crippen LogP contribution in [0.15, 0.2) is 29.8 Å². The number of benzene rings is 1. The SMILES string of the molecule is Cc1ncsc1-c1ccc(C(C)NC(=O)C2C[C@@H](O)CN2C(=O)C(N)C(C)(C)C)cc1. The monoisotopic (exact) mass is 444 g/mol. The quantitative estimate of drug-likeness (QED) is 0.657. The van der Waals surface area contributed by atoms with Crippen molar-refractivity contribution in [2.75, 3.05) is 6.54 Å². The summed E-state index contributed by atoms with van der Waals surface area (Å²) in [5, 5.41) is 13.1. The van der Waals surface area contributed by atoms with Crippen LogP contribution in [0, 0.1) is 12.3 Å². The first kappa shape index (κ1) is 23.4. The third-order valence-corrected chi connectivity index (χ3v) is 6.82. The zero-order valence-electron chi connectivity index (χ0n) is 18.8. The second-order valence-electron chi connectivity index (χ2n) is 9.36. The van der Waals surface area contributed by atoms with Crippen LogP contribution in [-0.4, -0.2) is 51.5 Å². The van der Waals surface area contributed by atoms with Crippen LogP contribution in [-0.2, 0) is 9.59 Å². The number of nitrogens with zero attached hydrogens (tertiary/aromatic N) is 2. The standard InChI is InChI=1S/C23H32N4O3S/c1-13(15-6-8-16(9-7-15)19-14(2)25-12-31-19)26-21(29)18-10-17(28)11-27(18)22(30)20(24)23(3,4)5/h6-9,12-13,17-18,20,28H,10-11,24H2,1-5H3,(H,26,29)/t13?,17-,18?,20?/m1/s1. The average molecular weight is 445 g/mol. The number of aliphatic hydroxyl groups is 1. The summed E-state index contributed by atoms with van der Waals surface area (Å²) in [4.78, 5) is 32.7. The van der Waals surface area contributed by atoms with E-state index in [1.54, 1.807) is 11.3 Å². The number of hydrogen-bond acceptors (Lipinski definition) is 6. The van der Waals surface area contributed by atoms with Gasteiger partial charge in [-0.1, -0.05) is 45.0 Å². The zero-order valence-corrected chi connectivity index (χ0v) is 19.6. The summed E-state index contributed by atoms with van der Waals surface area (Å²) in [7, 11) is 0. The van der Waals surface area contributed by atoms with E-state index in [4.69, 9.17) is 5.73 Å². The molecule has 2 heterocycles.